The molecule has 1 unspecified atom stereocenters. The van der Waals surface area contributed by atoms with E-state index in [-0.39, 0.29) is 17.7 Å². The maximum absolute atomic E-state index is 13.0. The Morgan fingerprint density at radius 3 is 2.72 bits per heavy atom. The molecule has 1 aromatic heterocycles. The SMILES string of the molecule is Cc1ncncc1C(=O)N1CCCCCC1CC(=O)c1ccccc1. The van der Waals surface area contributed by atoms with Crippen LogP contribution in [0.1, 0.15) is 58.5 Å². The minimum absolute atomic E-state index is 0.0640. The van der Waals surface area contributed by atoms with E-state index >= 15 is 0 Å². The number of carbonyl (C=O) groups is 2. The van der Waals surface area contributed by atoms with E-state index in [4.69, 9.17) is 0 Å². The fourth-order valence-corrected chi connectivity index (χ4v) is 3.37. The van der Waals surface area contributed by atoms with Crippen molar-refractivity contribution in [3.8, 4) is 0 Å². The van der Waals surface area contributed by atoms with Crippen LogP contribution in [0.2, 0.25) is 0 Å². The van der Waals surface area contributed by atoms with Gasteiger partial charge in [-0.15, -0.1) is 0 Å². The van der Waals surface area contributed by atoms with Crippen molar-refractivity contribution in [1.29, 1.82) is 0 Å². The Morgan fingerprint density at radius 1 is 1.16 bits per heavy atom. The summed E-state index contributed by atoms with van der Waals surface area (Å²) in [4.78, 5) is 35.7. The van der Waals surface area contributed by atoms with Crippen LogP contribution >= 0.6 is 0 Å². The van der Waals surface area contributed by atoms with Crippen molar-refractivity contribution in [2.24, 2.45) is 0 Å². The van der Waals surface area contributed by atoms with Crippen molar-refractivity contribution >= 4 is 11.7 Å². The van der Waals surface area contributed by atoms with Gasteiger partial charge in [0.05, 0.1) is 11.3 Å². The number of amides is 1. The summed E-state index contributed by atoms with van der Waals surface area (Å²) < 4.78 is 0. The average Bonchev–Trinajstić information content (AvgIpc) is 2.88. The molecule has 1 amide bonds. The van der Waals surface area contributed by atoms with Crippen LogP contribution in [0.3, 0.4) is 0 Å². The minimum atomic E-state index is -0.0673. The summed E-state index contributed by atoms with van der Waals surface area (Å²) in [5.74, 6) is 0.0252. The Kier molecular flexibility index (Phi) is 5.53. The molecule has 1 aliphatic rings. The molecule has 0 spiro atoms. The molecule has 25 heavy (non-hydrogen) atoms. The molecule has 0 aliphatic carbocycles. The van der Waals surface area contributed by atoms with Gasteiger partial charge in [-0.2, -0.15) is 0 Å². The van der Waals surface area contributed by atoms with Gasteiger partial charge in [-0.3, -0.25) is 9.59 Å². The second kappa shape index (κ2) is 8.01. The number of aromatic nitrogens is 2. The highest BCUT2D eigenvalue weighted by Gasteiger charge is 2.29. The van der Waals surface area contributed by atoms with Gasteiger partial charge < -0.3 is 4.90 Å². The number of rotatable bonds is 4. The second-order valence-corrected chi connectivity index (χ2v) is 6.52. The van der Waals surface area contributed by atoms with E-state index in [1.165, 1.54) is 6.33 Å². The van der Waals surface area contributed by atoms with Crippen molar-refractivity contribution < 1.29 is 9.59 Å². The lowest BCUT2D eigenvalue weighted by Gasteiger charge is -2.30. The summed E-state index contributed by atoms with van der Waals surface area (Å²) in [6, 6.07) is 9.24. The molecule has 0 bridgehead atoms. The van der Waals surface area contributed by atoms with Gasteiger partial charge in [0.15, 0.2) is 5.78 Å². The average molecular weight is 337 g/mol. The van der Waals surface area contributed by atoms with Gasteiger partial charge in [0.25, 0.3) is 5.91 Å². The lowest BCUT2D eigenvalue weighted by atomic mass is 9.99. The second-order valence-electron chi connectivity index (χ2n) is 6.52. The van der Waals surface area contributed by atoms with Crippen LogP contribution in [-0.2, 0) is 0 Å². The lowest BCUT2D eigenvalue weighted by molar-refractivity contribution is 0.0658. The zero-order chi connectivity index (χ0) is 17.6. The molecule has 0 radical (unpaired) electrons. The van der Waals surface area contributed by atoms with Crippen molar-refractivity contribution in [3.63, 3.8) is 0 Å². The van der Waals surface area contributed by atoms with E-state index in [0.29, 0.717) is 29.8 Å². The molecular formula is C20H23N3O2. The third-order valence-electron chi connectivity index (χ3n) is 4.80. The Labute approximate surface area is 148 Å². The number of aryl methyl sites for hydroxylation is 1. The Hall–Kier alpha value is -2.56. The Balaban J connectivity index is 1.81. The predicted octanol–water partition coefficient (Wildman–Crippen LogP) is 3.44. The van der Waals surface area contributed by atoms with Crippen LogP contribution in [0, 0.1) is 6.92 Å². The molecule has 1 fully saturated rings. The first-order chi connectivity index (χ1) is 12.2. The quantitative estimate of drug-likeness (QED) is 0.802. The fourth-order valence-electron chi connectivity index (χ4n) is 3.37. The number of ketones is 1. The molecule has 130 valence electrons. The van der Waals surface area contributed by atoms with Crippen LogP contribution in [0.15, 0.2) is 42.9 Å². The van der Waals surface area contributed by atoms with Gasteiger partial charge in [0, 0.05) is 30.8 Å². The third-order valence-corrected chi connectivity index (χ3v) is 4.80. The van der Waals surface area contributed by atoms with Crippen LogP contribution in [-0.4, -0.2) is 39.1 Å². The highest BCUT2D eigenvalue weighted by atomic mass is 16.2. The summed E-state index contributed by atoms with van der Waals surface area (Å²) in [5, 5.41) is 0. The van der Waals surface area contributed by atoms with Crippen LogP contribution in [0.5, 0.6) is 0 Å². The maximum Gasteiger partial charge on any atom is 0.257 e. The van der Waals surface area contributed by atoms with Gasteiger partial charge in [0.1, 0.15) is 6.33 Å². The smallest absolute Gasteiger partial charge is 0.257 e. The number of hydrogen-bond donors (Lipinski definition) is 0. The first kappa shape index (κ1) is 17.3. The van der Waals surface area contributed by atoms with E-state index < -0.39 is 0 Å². The molecule has 1 saturated heterocycles. The molecule has 1 aromatic carbocycles. The summed E-state index contributed by atoms with van der Waals surface area (Å²) in [5.41, 5.74) is 1.91. The molecule has 3 rings (SSSR count). The summed E-state index contributed by atoms with van der Waals surface area (Å²) in [7, 11) is 0. The van der Waals surface area contributed by atoms with Gasteiger partial charge >= 0.3 is 0 Å². The van der Waals surface area contributed by atoms with Gasteiger partial charge in [-0.25, -0.2) is 9.97 Å². The number of Topliss-reactive ketones (excluding diaryl/α,β-unsaturated/α-hetero) is 1. The van der Waals surface area contributed by atoms with Gasteiger partial charge in [0.2, 0.25) is 0 Å². The van der Waals surface area contributed by atoms with E-state index in [1.54, 1.807) is 6.20 Å². The van der Waals surface area contributed by atoms with Gasteiger partial charge in [-0.1, -0.05) is 43.2 Å². The zero-order valence-corrected chi connectivity index (χ0v) is 14.5. The lowest BCUT2D eigenvalue weighted by Crippen LogP contribution is -2.41. The maximum atomic E-state index is 13.0. The van der Waals surface area contributed by atoms with Gasteiger partial charge in [-0.05, 0) is 19.8 Å². The molecule has 1 aliphatic heterocycles. The number of benzene rings is 1. The first-order valence-corrected chi connectivity index (χ1v) is 8.82. The summed E-state index contributed by atoms with van der Waals surface area (Å²) in [6.07, 6.45) is 7.34. The number of hydrogen-bond acceptors (Lipinski definition) is 4. The van der Waals surface area contributed by atoms with E-state index in [2.05, 4.69) is 9.97 Å². The molecule has 2 aromatic rings. The van der Waals surface area contributed by atoms with E-state index in [0.717, 1.165) is 25.7 Å². The summed E-state index contributed by atoms with van der Waals surface area (Å²) in [6.45, 7) is 2.50. The highest BCUT2D eigenvalue weighted by molar-refractivity contribution is 5.98. The van der Waals surface area contributed by atoms with Crippen LogP contribution < -0.4 is 0 Å². The van der Waals surface area contributed by atoms with Crippen molar-refractivity contribution in [2.75, 3.05) is 6.54 Å². The van der Waals surface area contributed by atoms with Crippen LogP contribution in [0.4, 0.5) is 0 Å². The largest absolute Gasteiger partial charge is 0.335 e. The topological polar surface area (TPSA) is 63.2 Å². The Bertz CT molecular complexity index is 746. The van der Waals surface area contributed by atoms with Crippen molar-refractivity contribution in [1.82, 2.24) is 14.9 Å². The van der Waals surface area contributed by atoms with Crippen molar-refractivity contribution in [3.05, 3.63) is 59.7 Å². The molecule has 5 nitrogen and oxygen atoms in total. The minimum Gasteiger partial charge on any atom is -0.335 e. The molecule has 2 heterocycles. The van der Waals surface area contributed by atoms with E-state index in [9.17, 15) is 9.59 Å². The first-order valence-electron chi connectivity index (χ1n) is 8.82. The number of carbonyl (C=O) groups excluding carboxylic acids is 2. The molecule has 0 saturated carbocycles. The monoisotopic (exact) mass is 337 g/mol. The zero-order valence-electron chi connectivity index (χ0n) is 14.5. The summed E-state index contributed by atoms with van der Waals surface area (Å²) >= 11 is 0. The fraction of sp³-hybridized carbons (Fsp3) is 0.400. The highest BCUT2D eigenvalue weighted by Crippen LogP contribution is 2.23. The molecule has 0 N–H and O–H groups in total. The Morgan fingerprint density at radius 2 is 1.96 bits per heavy atom. The van der Waals surface area contributed by atoms with Crippen molar-refractivity contribution in [2.45, 2.75) is 45.1 Å². The molecule has 1 atom stereocenters. The third kappa shape index (κ3) is 4.10. The standard InChI is InChI=1S/C20H23N3O2/c1-15-18(13-21-14-22-15)20(25)23-11-7-3-6-10-17(23)12-19(24)16-8-4-2-5-9-16/h2,4-5,8-9,13-14,17H,3,6-7,10-12H2,1H3. The molecule has 5 heteroatoms. The normalized spacial score (nSPS) is 17.8. The van der Waals surface area contributed by atoms with Crippen LogP contribution in [0.25, 0.3) is 0 Å². The van der Waals surface area contributed by atoms with E-state index in [1.807, 2.05) is 42.2 Å². The molecular weight excluding hydrogens is 314 g/mol. The predicted molar refractivity (Wildman–Crippen MR) is 95.5 cm³/mol. The number of nitrogens with zero attached hydrogens (tertiary/aromatic N) is 3. The number of likely N-dealkylation sites (tertiary alicyclic amines) is 1.